The smallest absolute Gasteiger partial charge is 0.344 e. The number of nitrogens with zero attached hydrogens (tertiary/aromatic N) is 2. The van der Waals surface area contributed by atoms with Gasteiger partial charge in [0.15, 0.2) is 5.16 Å². The lowest BCUT2D eigenvalue weighted by Crippen LogP contribution is -2.31. The summed E-state index contributed by atoms with van der Waals surface area (Å²) in [4.78, 5) is 23.7. The number of ether oxygens (including phenoxy) is 1. The van der Waals surface area contributed by atoms with Crippen LogP contribution in [-0.2, 0) is 16.1 Å². The van der Waals surface area contributed by atoms with E-state index in [0.29, 0.717) is 18.2 Å². The van der Waals surface area contributed by atoms with E-state index in [9.17, 15) is 9.59 Å². The van der Waals surface area contributed by atoms with Crippen LogP contribution in [-0.4, -0.2) is 45.2 Å². The quantitative estimate of drug-likeness (QED) is 0.566. The molecule has 1 aromatic heterocycles. The number of aromatic nitrogens is 3. The summed E-state index contributed by atoms with van der Waals surface area (Å²) in [5, 5.41) is 9.32. The van der Waals surface area contributed by atoms with Crippen molar-refractivity contribution < 1.29 is 9.53 Å². The average Bonchev–Trinajstić information content (AvgIpc) is 3.09. The Morgan fingerprint density at radius 3 is 3.24 bits per heavy atom. The molecule has 2 N–H and O–H groups in total. The van der Waals surface area contributed by atoms with Gasteiger partial charge in [0.2, 0.25) is 5.91 Å². The maximum Gasteiger partial charge on any atom is 0.344 e. The first-order valence-corrected chi connectivity index (χ1v) is 7.82. The molecule has 1 aliphatic rings. The molecule has 2 unspecified atom stereocenters. The van der Waals surface area contributed by atoms with E-state index in [1.807, 2.05) is 0 Å². The second-order valence-electron chi connectivity index (χ2n) is 4.85. The molecule has 1 amide bonds. The van der Waals surface area contributed by atoms with Gasteiger partial charge in [-0.05, 0) is 19.8 Å². The molecule has 7 nitrogen and oxygen atoms in total. The molecule has 2 heterocycles. The Balaban J connectivity index is 2.00. The lowest BCUT2D eigenvalue weighted by atomic mass is 10.2. The van der Waals surface area contributed by atoms with Gasteiger partial charge < -0.3 is 10.1 Å². The second kappa shape index (κ2) is 7.46. The Labute approximate surface area is 127 Å². The van der Waals surface area contributed by atoms with Gasteiger partial charge in [0.05, 0.1) is 17.9 Å². The number of amides is 1. The average molecular weight is 312 g/mol. The molecule has 1 aliphatic heterocycles. The first-order chi connectivity index (χ1) is 10.1. The maximum absolute atomic E-state index is 11.8. The zero-order valence-electron chi connectivity index (χ0n) is 12.0. The molecule has 0 aliphatic carbocycles. The molecular formula is C13H20N4O3S. The SMILES string of the molecule is C=CCNC(=O)C(C)Sc1n[nH]c(=O)n1CC1CCCO1. The van der Waals surface area contributed by atoms with Crippen molar-refractivity contribution in [1.29, 1.82) is 0 Å². The molecule has 0 radical (unpaired) electrons. The summed E-state index contributed by atoms with van der Waals surface area (Å²) < 4.78 is 7.08. The molecule has 0 spiro atoms. The number of hydrogen-bond acceptors (Lipinski definition) is 5. The fourth-order valence-electron chi connectivity index (χ4n) is 2.07. The van der Waals surface area contributed by atoms with Crippen molar-refractivity contribution in [3.05, 3.63) is 23.1 Å². The highest BCUT2D eigenvalue weighted by Crippen LogP contribution is 2.21. The highest BCUT2D eigenvalue weighted by Gasteiger charge is 2.22. The minimum absolute atomic E-state index is 0.0459. The second-order valence-corrected chi connectivity index (χ2v) is 6.16. The molecule has 116 valence electrons. The minimum atomic E-state index is -0.344. The van der Waals surface area contributed by atoms with Crippen LogP contribution >= 0.6 is 11.8 Å². The van der Waals surface area contributed by atoms with E-state index in [4.69, 9.17) is 4.74 Å². The van der Waals surface area contributed by atoms with Gasteiger partial charge in [-0.3, -0.25) is 9.36 Å². The topological polar surface area (TPSA) is 89.0 Å². The highest BCUT2D eigenvalue weighted by molar-refractivity contribution is 8.00. The standard InChI is InChI=1S/C13H20N4O3S/c1-3-6-14-11(18)9(2)21-13-16-15-12(19)17(13)8-10-5-4-7-20-10/h3,9-10H,1,4-8H2,2H3,(H,14,18)(H,15,19). The highest BCUT2D eigenvalue weighted by atomic mass is 32.2. The number of hydrogen-bond donors (Lipinski definition) is 2. The normalized spacial score (nSPS) is 19.4. The third-order valence-corrected chi connectivity index (χ3v) is 4.30. The summed E-state index contributed by atoms with van der Waals surface area (Å²) in [6.45, 7) is 6.96. The van der Waals surface area contributed by atoms with E-state index in [0.717, 1.165) is 19.4 Å². The fourth-order valence-corrected chi connectivity index (χ4v) is 2.96. The van der Waals surface area contributed by atoms with Crippen molar-refractivity contribution in [1.82, 2.24) is 20.1 Å². The van der Waals surface area contributed by atoms with Crippen molar-refractivity contribution in [3.63, 3.8) is 0 Å². The Morgan fingerprint density at radius 2 is 2.57 bits per heavy atom. The third-order valence-electron chi connectivity index (χ3n) is 3.21. The zero-order chi connectivity index (χ0) is 15.2. The van der Waals surface area contributed by atoms with Gasteiger partial charge in [0.25, 0.3) is 0 Å². The van der Waals surface area contributed by atoms with Crippen LogP contribution < -0.4 is 11.0 Å². The Hall–Kier alpha value is -1.54. The molecule has 0 saturated carbocycles. The molecule has 2 rings (SSSR count). The van der Waals surface area contributed by atoms with Gasteiger partial charge >= 0.3 is 5.69 Å². The molecule has 1 fully saturated rings. The fraction of sp³-hybridized carbons (Fsp3) is 0.615. The van der Waals surface area contributed by atoms with Crippen molar-refractivity contribution in [2.45, 2.75) is 42.8 Å². The molecular weight excluding hydrogens is 292 g/mol. The predicted molar refractivity (Wildman–Crippen MR) is 80.3 cm³/mol. The summed E-state index contributed by atoms with van der Waals surface area (Å²) >= 11 is 1.25. The van der Waals surface area contributed by atoms with Crippen LogP contribution in [0.4, 0.5) is 0 Å². The van der Waals surface area contributed by atoms with Crippen LogP contribution in [0.3, 0.4) is 0 Å². The Bertz CT molecular complexity index is 548. The minimum Gasteiger partial charge on any atom is -0.376 e. The summed E-state index contributed by atoms with van der Waals surface area (Å²) in [5.41, 5.74) is -0.272. The predicted octanol–water partition coefficient (Wildman–Crippen LogP) is 0.533. The largest absolute Gasteiger partial charge is 0.376 e. The van der Waals surface area contributed by atoms with Crippen LogP contribution in [0.1, 0.15) is 19.8 Å². The van der Waals surface area contributed by atoms with E-state index in [-0.39, 0.29) is 23.0 Å². The number of carbonyl (C=O) groups is 1. The molecule has 1 aromatic rings. The van der Waals surface area contributed by atoms with Gasteiger partial charge in [-0.25, -0.2) is 9.89 Å². The molecule has 8 heteroatoms. The number of aromatic amines is 1. The van der Waals surface area contributed by atoms with Crippen LogP contribution in [0.5, 0.6) is 0 Å². The van der Waals surface area contributed by atoms with Crippen LogP contribution in [0.25, 0.3) is 0 Å². The van der Waals surface area contributed by atoms with Crippen LogP contribution in [0, 0.1) is 0 Å². The lowest BCUT2D eigenvalue weighted by Gasteiger charge is -2.13. The lowest BCUT2D eigenvalue weighted by molar-refractivity contribution is -0.120. The van der Waals surface area contributed by atoms with E-state index in [1.54, 1.807) is 13.0 Å². The summed E-state index contributed by atoms with van der Waals surface area (Å²) in [6, 6.07) is 0. The number of carbonyl (C=O) groups excluding carboxylic acids is 1. The molecule has 2 atom stereocenters. The van der Waals surface area contributed by atoms with Gasteiger partial charge in [0, 0.05) is 13.2 Å². The molecule has 0 bridgehead atoms. The number of rotatable bonds is 7. The van der Waals surface area contributed by atoms with Gasteiger partial charge in [-0.15, -0.1) is 11.7 Å². The molecule has 1 saturated heterocycles. The number of nitrogens with one attached hydrogen (secondary N) is 2. The first kappa shape index (κ1) is 15.8. The summed E-state index contributed by atoms with van der Waals surface area (Å²) in [7, 11) is 0. The summed E-state index contributed by atoms with van der Waals surface area (Å²) in [6.07, 6.45) is 3.62. The Kier molecular flexibility index (Phi) is 5.63. The van der Waals surface area contributed by atoms with E-state index in [1.165, 1.54) is 16.3 Å². The van der Waals surface area contributed by atoms with E-state index < -0.39 is 0 Å². The Morgan fingerprint density at radius 1 is 1.76 bits per heavy atom. The van der Waals surface area contributed by atoms with Crippen molar-refractivity contribution in [2.24, 2.45) is 0 Å². The van der Waals surface area contributed by atoms with Crippen LogP contribution in [0.15, 0.2) is 22.6 Å². The van der Waals surface area contributed by atoms with E-state index >= 15 is 0 Å². The van der Waals surface area contributed by atoms with Gasteiger partial charge in [-0.1, -0.05) is 17.8 Å². The molecule has 21 heavy (non-hydrogen) atoms. The molecule has 0 aromatic carbocycles. The van der Waals surface area contributed by atoms with Crippen molar-refractivity contribution in [3.8, 4) is 0 Å². The maximum atomic E-state index is 11.8. The zero-order valence-corrected chi connectivity index (χ0v) is 12.8. The van der Waals surface area contributed by atoms with Gasteiger partial charge in [0.1, 0.15) is 0 Å². The number of thioether (sulfide) groups is 1. The van der Waals surface area contributed by atoms with E-state index in [2.05, 4.69) is 22.1 Å². The monoisotopic (exact) mass is 312 g/mol. The van der Waals surface area contributed by atoms with Gasteiger partial charge in [-0.2, -0.15) is 0 Å². The van der Waals surface area contributed by atoms with Crippen molar-refractivity contribution >= 4 is 17.7 Å². The summed E-state index contributed by atoms with van der Waals surface area (Å²) in [5.74, 6) is -0.112. The van der Waals surface area contributed by atoms with Crippen LogP contribution in [0.2, 0.25) is 0 Å². The third kappa shape index (κ3) is 4.21. The number of H-pyrrole nitrogens is 1. The van der Waals surface area contributed by atoms with Crippen molar-refractivity contribution in [2.75, 3.05) is 13.2 Å². The first-order valence-electron chi connectivity index (χ1n) is 6.94.